The van der Waals surface area contributed by atoms with Crippen LogP contribution >= 0.6 is 0 Å². The molecule has 21 heavy (non-hydrogen) atoms. The molecule has 116 valence electrons. The number of urea groups is 1. The molecule has 1 aromatic carbocycles. The molecule has 1 heterocycles. The summed E-state index contributed by atoms with van der Waals surface area (Å²) in [5, 5.41) is 3.53. The van der Waals surface area contributed by atoms with Crippen LogP contribution < -0.4 is 5.32 Å². The molecule has 0 aliphatic carbocycles. The number of amides is 2. The lowest BCUT2D eigenvalue weighted by molar-refractivity contribution is 0.181. The van der Waals surface area contributed by atoms with Gasteiger partial charge in [0.05, 0.1) is 0 Å². The van der Waals surface area contributed by atoms with E-state index in [-0.39, 0.29) is 11.4 Å². The summed E-state index contributed by atoms with van der Waals surface area (Å²) in [7, 11) is 3.60. The van der Waals surface area contributed by atoms with Gasteiger partial charge in [-0.25, -0.2) is 4.79 Å². The second-order valence-electron chi connectivity index (χ2n) is 7.08. The van der Waals surface area contributed by atoms with Crippen LogP contribution in [0.5, 0.6) is 0 Å². The molecular formula is C17H27N3O. The molecule has 1 unspecified atom stereocenters. The summed E-state index contributed by atoms with van der Waals surface area (Å²) in [4.78, 5) is 15.5. The van der Waals surface area contributed by atoms with Gasteiger partial charge in [0.15, 0.2) is 0 Å². The number of hydrogen-bond donors (Lipinski definition) is 1. The Balaban J connectivity index is 1.93. The van der Waals surface area contributed by atoms with E-state index >= 15 is 0 Å². The van der Waals surface area contributed by atoms with E-state index < -0.39 is 0 Å². The Hall–Kier alpha value is -1.71. The van der Waals surface area contributed by atoms with Crippen LogP contribution in [-0.2, 0) is 5.41 Å². The van der Waals surface area contributed by atoms with E-state index in [1.807, 2.05) is 4.90 Å². The van der Waals surface area contributed by atoms with E-state index in [1.165, 1.54) is 5.56 Å². The predicted molar refractivity (Wildman–Crippen MR) is 87.8 cm³/mol. The van der Waals surface area contributed by atoms with Crippen LogP contribution in [0.15, 0.2) is 24.3 Å². The molecule has 1 aliphatic heterocycles. The number of hydrogen-bond acceptors (Lipinski definition) is 2. The summed E-state index contributed by atoms with van der Waals surface area (Å²) in [6, 6.07) is 9.07. The third-order valence-electron chi connectivity index (χ3n) is 3.96. The van der Waals surface area contributed by atoms with Crippen LogP contribution in [0.1, 0.15) is 32.8 Å². The normalized spacial score (nSPS) is 18.7. The fraction of sp³-hybridized carbons (Fsp3) is 0.588. The average molecular weight is 289 g/mol. The minimum Gasteiger partial charge on any atom is -0.380 e. The first-order chi connectivity index (χ1) is 9.77. The van der Waals surface area contributed by atoms with Gasteiger partial charge in [-0.2, -0.15) is 0 Å². The van der Waals surface area contributed by atoms with Gasteiger partial charge in [0.2, 0.25) is 0 Å². The van der Waals surface area contributed by atoms with Crippen molar-refractivity contribution in [2.45, 2.75) is 38.6 Å². The third-order valence-corrected chi connectivity index (χ3v) is 3.96. The van der Waals surface area contributed by atoms with E-state index in [0.717, 1.165) is 25.2 Å². The second-order valence-corrected chi connectivity index (χ2v) is 7.08. The maximum atomic E-state index is 11.9. The van der Waals surface area contributed by atoms with Crippen LogP contribution in [0, 0.1) is 0 Å². The van der Waals surface area contributed by atoms with Gasteiger partial charge in [0.1, 0.15) is 0 Å². The van der Waals surface area contributed by atoms with Gasteiger partial charge in [0, 0.05) is 38.9 Å². The molecule has 4 heteroatoms. The minimum atomic E-state index is 0.0994. The first-order valence-corrected chi connectivity index (χ1v) is 7.60. The van der Waals surface area contributed by atoms with Gasteiger partial charge in [-0.1, -0.05) is 32.9 Å². The molecule has 1 aromatic rings. The van der Waals surface area contributed by atoms with Gasteiger partial charge >= 0.3 is 6.03 Å². The highest BCUT2D eigenvalue weighted by Gasteiger charge is 2.27. The topological polar surface area (TPSA) is 35.6 Å². The fourth-order valence-electron chi connectivity index (χ4n) is 2.64. The summed E-state index contributed by atoms with van der Waals surface area (Å²) in [6.45, 7) is 8.26. The zero-order valence-corrected chi connectivity index (χ0v) is 13.8. The zero-order valence-electron chi connectivity index (χ0n) is 13.8. The highest BCUT2D eigenvalue weighted by Crippen LogP contribution is 2.24. The van der Waals surface area contributed by atoms with Crippen LogP contribution in [0.3, 0.4) is 0 Å². The number of nitrogens with one attached hydrogen (secondary N) is 1. The molecule has 0 radical (unpaired) electrons. The summed E-state index contributed by atoms with van der Waals surface area (Å²) >= 11 is 0. The molecular weight excluding hydrogens is 262 g/mol. The fourth-order valence-corrected chi connectivity index (χ4v) is 2.64. The Morgan fingerprint density at radius 2 is 1.86 bits per heavy atom. The molecule has 4 nitrogen and oxygen atoms in total. The zero-order chi connectivity index (χ0) is 15.6. The lowest BCUT2D eigenvalue weighted by Gasteiger charge is -2.22. The summed E-state index contributed by atoms with van der Waals surface area (Å²) in [5.74, 6) is 0. The minimum absolute atomic E-state index is 0.0994. The Kier molecular flexibility index (Phi) is 4.45. The summed E-state index contributed by atoms with van der Waals surface area (Å²) in [5.41, 5.74) is 2.65. The first-order valence-electron chi connectivity index (χ1n) is 7.60. The van der Waals surface area contributed by atoms with Gasteiger partial charge in [-0.05, 0) is 29.5 Å². The van der Waals surface area contributed by atoms with Crippen LogP contribution in [0.2, 0.25) is 0 Å². The van der Waals surface area contributed by atoms with Gasteiger partial charge in [-0.3, -0.25) is 0 Å². The van der Waals surface area contributed by atoms with Crippen LogP contribution in [-0.4, -0.2) is 49.1 Å². The molecule has 1 N–H and O–H groups in total. The number of likely N-dealkylation sites (tertiary alicyclic amines) is 1. The Bertz CT molecular complexity index is 488. The van der Waals surface area contributed by atoms with E-state index in [2.05, 4.69) is 50.4 Å². The van der Waals surface area contributed by atoms with Crippen molar-refractivity contribution in [2.24, 2.45) is 0 Å². The van der Waals surface area contributed by atoms with Crippen LogP contribution in [0.25, 0.3) is 0 Å². The van der Waals surface area contributed by atoms with Gasteiger partial charge < -0.3 is 15.1 Å². The molecule has 0 saturated carbocycles. The number of carbonyl (C=O) groups excluding carboxylic acids is 1. The Morgan fingerprint density at radius 3 is 2.38 bits per heavy atom. The molecule has 2 amide bonds. The van der Waals surface area contributed by atoms with Crippen molar-refractivity contribution >= 4 is 11.7 Å². The van der Waals surface area contributed by atoms with Crippen molar-refractivity contribution in [3.63, 3.8) is 0 Å². The van der Waals surface area contributed by atoms with Crippen LogP contribution in [0.4, 0.5) is 10.5 Å². The standard InChI is InChI=1S/C17H27N3O/c1-17(2,3)13-6-8-14(9-7-13)18-15-10-11-20(12-15)16(21)19(4)5/h6-9,15,18H,10-12H2,1-5H3. The lowest BCUT2D eigenvalue weighted by Crippen LogP contribution is -2.38. The lowest BCUT2D eigenvalue weighted by atomic mass is 9.87. The van der Waals surface area contributed by atoms with Crippen molar-refractivity contribution in [2.75, 3.05) is 32.5 Å². The molecule has 0 bridgehead atoms. The molecule has 0 aromatic heterocycles. The third kappa shape index (κ3) is 3.90. The van der Waals surface area contributed by atoms with E-state index in [0.29, 0.717) is 6.04 Å². The number of benzene rings is 1. The van der Waals surface area contributed by atoms with Crippen molar-refractivity contribution in [1.82, 2.24) is 9.80 Å². The quantitative estimate of drug-likeness (QED) is 0.908. The number of anilines is 1. The highest BCUT2D eigenvalue weighted by molar-refractivity contribution is 5.74. The molecule has 2 rings (SSSR count). The number of carbonyl (C=O) groups is 1. The SMILES string of the molecule is CN(C)C(=O)N1CCC(Nc2ccc(C(C)(C)C)cc2)C1. The van der Waals surface area contributed by atoms with Crippen molar-refractivity contribution in [1.29, 1.82) is 0 Å². The Morgan fingerprint density at radius 1 is 1.24 bits per heavy atom. The van der Waals surface area contributed by atoms with Gasteiger partial charge in [0.25, 0.3) is 0 Å². The molecule has 1 atom stereocenters. The number of nitrogens with zero attached hydrogens (tertiary/aromatic N) is 2. The van der Waals surface area contributed by atoms with Crippen molar-refractivity contribution in [3.05, 3.63) is 29.8 Å². The molecule has 1 fully saturated rings. The molecule has 1 saturated heterocycles. The van der Waals surface area contributed by atoms with E-state index in [9.17, 15) is 4.79 Å². The first kappa shape index (κ1) is 15.7. The number of rotatable bonds is 2. The smallest absolute Gasteiger partial charge is 0.319 e. The summed E-state index contributed by atoms with van der Waals surface area (Å²) in [6.07, 6.45) is 1.00. The predicted octanol–water partition coefficient (Wildman–Crippen LogP) is 3.15. The summed E-state index contributed by atoms with van der Waals surface area (Å²) < 4.78 is 0. The van der Waals surface area contributed by atoms with Gasteiger partial charge in [-0.15, -0.1) is 0 Å². The van der Waals surface area contributed by atoms with Crippen molar-refractivity contribution < 1.29 is 4.79 Å². The Labute approximate surface area is 128 Å². The molecule has 1 aliphatic rings. The largest absolute Gasteiger partial charge is 0.380 e. The molecule has 0 spiro atoms. The van der Waals surface area contributed by atoms with E-state index in [4.69, 9.17) is 0 Å². The maximum absolute atomic E-state index is 11.9. The maximum Gasteiger partial charge on any atom is 0.319 e. The van der Waals surface area contributed by atoms with Crippen molar-refractivity contribution in [3.8, 4) is 0 Å². The monoisotopic (exact) mass is 289 g/mol. The highest BCUT2D eigenvalue weighted by atomic mass is 16.2. The van der Waals surface area contributed by atoms with E-state index in [1.54, 1.807) is 19.0 Å². The average Bonchev–Trinajstić information content (AvgIpc) is 2.85. The second kappa shape index (κ2) is 5.96.